The van der Waals surface area contributed by atoms with Crippen LogP contribution in [0.3, 0.4) is 0 Å². The minimum atomic E-state index is 0. The first kappa shape index (κ1) is 20.1. The first-order chi connectivity index (χ1) is 12.7. The van der Waals surface area contributed by atoms with Crippen molar-refractivity contribution in [3.05, 3.63) is 53.3 Å². The third-order valence-electron chi connectivity index (χ3n) is 5.27. The van der Waals surface area contributed by atoms with E-state index >= 15 is 0 Å². The van der Waals surface area contributed by atoms with Gasteiger partial charge in [-0.2, -0.15) is 0 Å². The Kier molecular flexibility index (Phi) is 6.41. The molecule has 4 rings (SSSR count). The van der Waals surface area contributed by atoms with E-state index in [1.54, 1.807) is 12.4 Å². The van der Waals surface area contributed by atoms with Gasteiger partial charge in [0.05, 0.1) is 6.54 Å². The Morgan fingerprint density at radius 1 is 1.11 bits per heavy atom. The van der Waals surface area contributed by atoms with E-state index in [4.69, 9.17) is 22.3 Å². The second-order valence-corrected chi connectivity index (χ2v) is 7.42. The lowest BCUT2D eigenvalue weighted by Crippen LogP contribution is -2.51. The Hall–Kier alpha value is -1.61. The van der Waals surface area contributed by atoms with Crippen molar-refractivity contribution < 1.29 is 0 Å². The summed E-state index contributed by atoms with van der Waals surface area (Å²) in [4.78, 5) is 17.7. The maximum absolute atomic E-state index is 6.28. The zero-order valence-corrected chi connectivity index (χ0v) is 18.2. The lowest BCUT2D eigenvalue weighted by Gasteiger charge is -2.35. The van der Waals surface area contributed by atoms with Gasteiger partial charge in [0.2, 0.25) is 5.95 Å². The number of benzene rings is 1. The molecule has 2 heterocycles. The van der Waals surface area contributed by atoms with Gasteiger partial charge in [0, 0.05) is 49.0 Å². The van der Waals surface area contributed by atoms with Crippen molar-refractivity contribution in [3.63, 3.8) is 0 Å². The minimum absolute atomic E-state index is 0. The van der Waals surface area contributed by atoms with Crippen LogP contribution in [0.1, 0.15) is 18.4 Å². The molecule has 1 aromatic carbocycles. The van der Waals surface area contributed by atoms with Crippen molar-refractivity contribution in [1.29, 1.82) is 0 Å². The molecule has 0 unspecified atom stereocenters. The van der Waals surface area contributed by atoms with Gasteiger partial charge >= 0.3 is 0 Å². The predicted octanol–water partition coefficient (Wildman–Crippen LogP) is 2.92. The average Bonchev–Trinajstić information content (AvgIpc) is 3.48. The van der Waals surface area contributed by atoms with E-state index in [9.17, 15) is 0 Å². The van der Waals surface area contributed by atoms with Gasteiger partial charge in [-0.25, -0.2) is 9.97 Å². The Morgan fingerprint density at radius 3 is 2.44 bits per heavy atom. The first-order valence-electron chi connectivity index (χ1n) is 8.99. The summed E-state index contributed by atoms with van der Waals surface area (Å²) in [6.45, 7) is 4.08. The predicted molar refractivity (Wildman–Crippen MR) is 120 cm³/mol. The van der Waals surface area contributed by atoms with E-state index in [0.717, 1.165) is 56.5 Å². The number of guanidine groups is 1. The van der Waals surface area contributed by atoms with Crippen molar-refractivity contribution in [2.75, 3.05) is 37.6 Å². The van der Waals surface area contributed by atoms with Crippen LogP contribution in [0.2, 0.25) is 5.02 Å². The molecule has 2 N–H and O–H groups in total. The molecule has 0 amide bonds. The van der Waals surface area contributed by atoms with E-state index in [1.165, 1.54) is 5.56 Å². The van der Waals surface area contributed by atoms with Crippen LogP contribution >= 0.6 is 35.6 Å². The molecule has 2 fully saturated rings. The second kappa shape index (κ2) is 8.60. The largest absolute Gasteiger partial charge is 0.370 e. The average molecular weight is 499 g/mol. The van der Waals surface area contributed by atoms with Gasteiger partial charge in [0.25, 0.3) is 0 Å². The molecule has 1 aliphatic carbocycles. The number of piperazine rings is 1. The number of aliphatic imine (C=N–C) groups is 1. The summed E-state index contributed by atoms with van der Waals surface area (Å²) in [6.07, 6.45) is 5.83. The van der Waals surface area contributed by atoms with Crippen LogP contribution in [0.15, 0.2) is 47.7 Å². The summed E-state index contributed by atoms with van der Waals surface area (Å²) in [5.41, 5.74) is 7.67. The van der Waals surface area contributed by atoms with Crippen molar-refractivity contribution in [2.45, 2.75) is 18.3 Å². The number of anilines is 1. The number of hydrogen-bond donors (Lipinski definition) is 1. The summed E-state index contributed by atoms with van der Waals surface area (Å²) in [6, 6.07) is 9.95. The molecule has 1 saturated carbocycles. The number of hydrogen-bond acceptors (Lipinski definition) is 4. The molecule has 0 bridgehead atoms. The number of aromatic nitrogens is 2. The monoisotopic (exact) mass is 498 g/mol. The van der Waals surface area contributed by atoms with E-state index in [2.05, 4.69) is 31.9 Å². The van der Waals surface area contributed by atoms with Gasteiger partial charge in [-0.3, -0.25) is 4.99 Å². The Bertz CT molecular complexity index is 788. The van der Waals surface area contributed by atoms with Crippen molar-refractivity contribution in [2.24, 2.45) is 10.7 Å². The lowest BCUT2D eigenvalue weighted by atomic mass is 9.96. The van der Waals surface area contributed by atoms with Gasteiger partial charge in [0.1, 0.15) is 0 Å². The number of nitrogens with zero attached hydrogens (tertiary/aromatic N) is 5. The highest BCUT2D eigenvalue weighted by atomic mass is 127. The molecule has 8 heteroatoms. The molecule has 2 aliphatic rings. The summed E-state index contributed by atoms with van der Waals surface area (Å²) in [7, 11) is 0. The van der Waals surface area contributed by atoms with E-state index in [0.29, 0.717) is 5.96 Å². The van der Waals surface area contributed by atoms with E-state index in [-0.39, 0.29) is 29.4 Å². The summed E-state index contributed by atoms with van der Waals surface area (Å²) >= 11 is 6.14. The molecule has 1 aromatic heterocycles. The van der Waals surface area contributed by atoms with Crippen molar-refractivity contribution in [3.8, 4) is 0 Å². The van der Waals surface area contributed by atoms with Crippen LogP contribution in [0.4, 0.5) is 5.95 Å². The summed E-state index contributed by atoms with van der Waals surface area (Å²) < 4.78 is 0. The lowest BCUT2D eigenvalue weighted by molar-refractivity contribution is 0.377. The molecule has 27 heavy (non-hydrogen) atoms. The number of rotatable bonds is 4. The molecule has 0 radical (unpaired) electrons. The molecule has 2 aromatic rings. The first-order valence-corrected chi connectivity index (χ1v) is 9.37. The quantitative estimate of drug-likeness (QED) is 0.399. The summed E-state index contributed by atoms with van der Waals surface area (Å²) in [5, 5.41) is 0.782. The molecule has 1 saturated heterocycles. The minimum Gasteiger partial charge on any atom is -0.370 e. The smallest absolute Gasteiger partial charge is 0.225 e. The molecule has 6 nitrogen and oxygen atoms in total. The van der Waals surface area contributed by atoms with E-state index in [1.807, 2.05) is 18.2 Å². The van der Waals surface area contributed by atoms with E-state index < -0.39 is 0 Å². The van der Waals surface area contributed by atoms with Crippen LogP contribution < -0.4 is 10.6 Å². The van der Waals surface area contributed by atoms with Crippen molar-refractivity contribution in [1.82, 2.24) is 14.9 Å². The van der Waals surface area contributed by atoms with Crippen LogP contribution in [0.25, 0.3) is 0 Å². The highest BCUT2D eigenvalue weighted by Gasteiger charge is 2.44. The van der Waals surface area contributed by atoms with Gasteiger partial charge in [-0.05, 0) is 36.6 Å². The molecular formula is C19H24ClIN6. The van der Waals surface area contributed by atoms with Gasteiger partial charge in [-0.1, -0.05) is 23.7 Å². The maximum Gasteiger partial charge on any atom is 0.225 e. The fourth-order valence-corrected chi connectivity index (χ4v) is 3.62. The molecule has 0 atom stereocenters. The third-order valence-corrected chi connectivity index (χ3v) is 5.51. The third kappa shape index (κ3) is 4.63. The Labute approximate surface area is 181 Å². The fraction of sp³-hybridized carbons (Fsp3) is 0.421. The number of halogens is 2. The zero-order valence-electron chi connectivity index (χ0n) is 15.1. The number of nitrogens with two attached hydrogens (primary N) is 1. The molecule has 0 spiro atoms. The maximum atomic E-state index is 6.28. The van der Waals surface area contributed by atoms with Crippen LogP contribution in [0, 0.1) is 0 Å². The zero-order chi connectivity index (χ0) is 18.0. The van der Waals surface area contributed by atoms with Gasteiger partial charge in [0.15, 0.2) is 5.96 Å². The van der Waals surface area contributed by atoms with Crippen molar-refractivity contribution >= 4 is 47.5 Å². The Morgan fingerprint density at radius 2 is 1.81 bits per heavy atom. The molecular weight excluding hydrogens is 475 g/mol. The Balaban J connectivity index is 0.00000210. The SMILES string of the molecule is I.NC(=NCC1(c2cccc(Cl)c2)CC1)N1CCN(c2ncccn2)CC1. The standard InChI is InChI=1S/C19H23ClN6.HI/c20-16-4-1-3-15(13-16)19(5-6-19)14-24-17(21)25-9-11-26(12-10-25)18-22-7-2-8-23-18;/h1-4,7-8,13H,5-6,9-12,14H2,(H2,21,24);1H. The van der Waals surface area contributed by atoms with Gasteiger partial charge < -0.3 is 15.5 Å². The highest BCUT2D eigenvalue weighted by molar-refractivity contribution is 14.0. The fourth-order valence-electron chi connectivity index (χ4n) is 3.43. The molecule has 144 valence electrons. The topological polar surface area (TPSA) is 70.6 Å². The van der Waals surface area contributed by atoms with Gasteiger partial charge in [-0.15, -0.1) is 24.0 Å². The molecule has 1 aliphatic heterocycles. The van der Waals surface area contributed by atoms with Crippen LogP contribution in [-0.2, 0) is 5.41 Å². The van der Waals surface area contributed by atoms with Crippen LogP contribution in [-0.4, -0.2) is 53.6 Å². The normalized spacial score (nSPS) is 18.8. The highest BCUT2D eigenvalue weighted by Crippen LogP contribution is 2.48. The second-order valence-electron chi connectivity index (χ2n) is 6.99. The summed E-state index contributed by atoms with van der Waals surface area (Å²) in [5.74, 6) is 1.41. The van der Waals surface area contributed by atoms with Crippen LogP contribution in [0.5, 0.6) is 0 Å².